The molecule has 0 aromatic heterocycles. The molecule has 0 spiro atoms. The second-order valence-corrected chi connectivity index (χ2v) is 8.91. The largest absolute Gasteiger partial charge is 0.308 e. The Morgan fingerprint density at radius 3 is 2.29 bits per heavy atom. The highest BCUT2D eigenvalue weighted by atomic mass is 32.2. The van der Waals surface area contributed by atoms with Gasteiger partial charge >= 0.3 is 0 Å². The lowest BCUT2D eigenvalue weighted by atomic mass is 10.1. The molecule has 2 atom stereocenters. The summed E-state index contributed by atoms with van der Waals surface area (Å²) in [4.78, 5) is 4.65. The SMILES string of the molecule is Cc1cc(S(=O)(=O)N2CC(C)N(CCN(C)C)C(C)C2)ccc1F. The molecule has 2 unspecified atom stereocenters. The Hall–Kier alpha value is -1.02. The Kier molecular flexibility index (Phi) is 6.01. The van der Waals surface area contributed by atoms with E-state index >= 15 is 0 Å². The minimum absolute atomic E-state index is 0.144. The first kappa shape index (κ1) is 19.3. The maximum absolute atomic E-state index is 13.4. The van der Waals surface area contributed by atoms with Gasteiger partial charge in [0, 0.05) is 38.3 Å². The minimum Gasteiger partial charge on any atom is -0.308 e. The van der Waals surface area contributed by atoms with Gasteiger partial charge in [-0.2, -0.15) is 4.31 Å². The maximum atomic E-state index is 13.4. The molecule has 5 nitrogen and oxygen atoms in total. The lowest BCUT2D eigenvalue weighted by molar-refractivity contribution is 0.0708. The third kappa shape index (κ3) is 4.14. The highest BCUT2D eigenvalue weighted by Crippen LogP contribution is 2.24. The molecule has 0 saturated carbocycles. The van der Waals surface area contributed by atoms with Crippen LogP contribution in [0.25, 0.3) is 0 Å². The van der Waals surface area contributed by atoms with Crippen molar-refractivity contribution in [1.29, 1.82) is 0 Å². The van der Waals surface area contributed by atoms with Crippen LogP contribution in [0.1, 0.15) is 19.4 Å². The van der Waals surface area contributed by atoms with Crippen molar-refractivity contribution in [3.63, 3.8) is 0 Å². The third-order valence-corrected chi connectivity index (χ3v) is 6.47. The van der Waals surface area contributed by atoms with E-state index in [4.69, 9.17) is 0 Å². The van der Waals surface area contributed by atoms with Crippen LogP contribution in [0.3, 0.4) is 0 Å². The van der Waals surface area contributed by atoms with Crippen molar-refractivity contribution < 1.29 is 12.8 Å². The van der Waals surface area contributed by atoms with Crippen LogP contribution in [0.2, 0.25) is 0 Å². The van der Waals surface area contributed by atoms with E-state index in [1.54, 1.807) is 6.92 Å². The number of aryl methyl sites for hydroxylation is 1. The number of halogens is 1. The molecule has 24 heavy (non-hydrogen) atoms. The van der Waals surface area contributed by atoms with Crippen LogP contribution in [0.15, 0.2) is 23.1 Å². The summed E-state index contributed by atoms with van der Waals surface area (Å²) in [6.07, 6.45) is 0. The molecule has 0 N–H and O–H groups in total. The molecule has 7 heteroatoms. The quantitative estimate of drug-likeness (QED) is 0.806. The van der Waals surface area contributed by atoms with Gasteiger partial charge in [0.2, 0.25) is 10.0 Å². The molecule has 1 aromatic carbocycles. The third-order valence-electron chi connectivity index (χ3n) is 4.64. The van der Waals surface area contributed by atoms with Crippen molar-refractivity contribution in [2.75, 3.05) is 40.3 Å². The van der Waals surface area contributed by atoms with Gasteiger partial charge in [-0.1, -0.05) is 0 Å². The van der Waals surface area contributed by atoms with Crippen LogP contribution in [0, 0.1) is 12.7 Å². The van der Waals surface area contributed by atoms with Gasteiger partial charge in [0.25, 0.3) is 0 Å². The molecule has 0 radical (unpaired) electrons. The highest BCUT2D eigenvalue weighted by Gasteiger charge is 2.36. The predicted molar refractivity (Wildman–Crippen MR) is 94.1 cm³/mol. The van der Waals surface area contributed by atoms with Gasteiger partial charge < -0.3 is 4.90 Å². The molecule has 1 heterocycles. The van der Waals surface area contributed by atoms with Crippen molar-refractivity contribution in [2.45, 2.75) is 37.8 Å². The number of sulfonamides is 1. The average molecular weight is 357 g/mol. The van der Waals surface area contributed by atoms with Gasteiger partial charge in [0.15, 0.2) is 0 Å². The number of nitrogens with zero attached hydrogens (tertiary/aromatic N) is 3. The van der Waals surface area contributed by atoms with E-state index in [9.17, 15) is 12.8 Å². The number of likely N-dealkylation sites (N-methyl/N-ethyl adjacent to an activating group) is 1. The summed E-state index contributed by atoms with van der Waals surface area (Å²) in [6, 6.07) is 4.28. The predicted octanol–water partition coefficient (Wildman–Crippen LogP) is 1.78. The molecular formula is C17H28FN3O2S. The van der Waals surface area contributed by atoms with E-state index in [1.807, 2.05) is 14.1 Å². The van der Waals surface area contributed by atoms with Gasteiger partial charge in [0.1, 0.15) is 5.82 Å². The standard InChI is InChI=1S/C17H28FN3O2S/c1-13-10-16(6-7-17(13)18)24(22,23)20-11-14(2)21(15(3)12-20)9-8-19(4)5/h6-7,10,14-15H,8-9,11-12H2,1-5H3. The first-order valence-corrected chi connectivity index (χ1v) is 9.73. The van der Waals surface area contributed by atoms with Crippen LogP contribution in [-0.2, 0) is 10.0 Å². The topological polar surface area (TPSA) is 43.9 Å². The number of hydrogen-bond acceptors (Lipinski definition) is 4. The molecule has 0 amide bonds. The fraction of sp³-hybridized carbons (Fsp3) is 0.647. The summed E-state index contributed by atoms with van der Waals surface area (Å²) < 4.78 is 40.7. The fourth-order valence-corrected chi connectivity index (χ4v) is 4.88. The van der Waals surface area contributed by atoms with Gasteiger partial charge in [-0.25, -0.2) is 12.8 Å². The molecule has 136 valence electrons. The second-order valence-electron chi connectivity index (χ2n) is 6.97. The summed E-state index contributed by atoms with van der Waals surface area (Å²) in [6.45, 7) is 8.47. The van der Waals surface area contributed by atoms with Crippen molar-refractivity contribution in [3.05, 3.63) is 29.6 Å². The van der Waals surface area contributed by atoms with Crippen molar-refractivity contribution in [3.8, 4) is 0 Å². The van der Waals surface area contributed by atoms with E-state index in [-0.39, 0.29) is 22.8 Å². The molecule has 1 fully saturated rings. The highest BCUT2D eigenvalue weighted by molar-refractivity contribution is 7.89. The smallest absolute Gasteiger partial charge is 0.243 e. The number of hydrogen-bond donors (Lipinski definition) is 0. The van der Waals surface area contributed by atoms with E-state index in [0.717, 1.165) is 13.1 Å². The fourth-order valence-electron chi connectivity index (χ4n) is 3.19. The Balaban J connectivity index is 2.17. The van der Waals surface area contributed by atoms with E-state index in [2.05, 4.69) is 23.6 Å². The molecule has 1 aliphatic rings. The van der Waals surface area contributed by atoms with Gasteiger partial charge in [-0.15, -0.1) is 0 Å². The van der Waals surface area contributed by atoms with Gasteiger partial charge in [-0.05, 0) is 58.6 Å². The summed E-state index contributed by atoms with van der Waals surface area (Å²) >= 11 is 0. The monoisotopic (exact) mass is 357 g/mol. The first-order valence-electron chi connectivity index (χ1n) is 8.29. The van der Waals surface area contributed by atoms with Crippen LogP contribution in [0.5, 0.6) is 0 Å². The summed E-state index contributed by atoms with van der Waals surface area (Å²) in [5, 5.41) is 0. The molecule has 1 saturated heterocycles. The zero-order valence-electron chi connectivity index (χ0n) is 15.2. The van der Waals surface area contributed by atoms with Gasteiger partial charge in [0.05, 0.1) is 4.90 Å². The molecule has 1 aliphatic heterocycles. The molecular weight excluding hydrogens is 329 g/mol. The van der Waals surface area contributed by atoms with E-state index in [0.29, 0.717) is 18.7 Å². The number of rotatable bonds is 5. The van der Waals surface area contributed by atoms with Crippen molar-refractivity contribution >= 4 is 10.0 Å². The lowest BCUT2D eigenvalue weighted by Crippen LogP contribution is -2.58. The first-order chi connectivity index (χ1) is 11.1. The van der Waals surface area contributed by atoms with Gasteiger partial charge in [-0.3, -0.25) is 4.90 Å². The maximum Gasteiger partial charge on any atom is 0.243 e. The zero-order valence-corrected chi connectivity index (χ0v) is 16.0. The van der Waals surface area contributed by atoms with Crippen LogP contribution < -0.4 is 0 Å². The summed E-state index contributed by atoms with van der Waals surface area (Å²) in [7, 11) is 0.477. The van der Waals surface area contributed by atoms with Crippen LogP contribution in [-0.4, -0.2) is 74.9 Å². The normalized spacial score (nSPS) is 23.8. The Morgan fingerprint density at radius 2 is 1.79 bits per heavy atom. The van der Waals surface area contributed by atoms with E-state index in [1.165, 1.54) is 22.5 Å². The molecule has 0 bridgehead atoms. The van der Waals surface area contributed by atoms with Crippen LogP contribution >= 0.6 is 0 Å². The van der Waals surface area contributed by atoms with E-state index < -0.39 is 10.0 Å². The number of piperazine rings is 1. The molecule has 0 aliphatic carbocycles. The Bertz CT molecular complexity index is 666. The van der Waals surface area contributed by atoms with Crippen LogP contribution in [0.4, 0.5) is 4.39 Å². The van der Waals surface area contributed by atoms with Crippen molar-refractivity contribution in [1.82, 2.24) is 14.1 Å². The minimum atomic E-state index is -3.59. The Labute approximate surface area is 145 Å². The second kappa shape index (κ2) is 7.47. The Morgan fingerprint density at radius 1 is 1.21 bits per heavy atom. The summed E-state index contributed by atoms with van der Waals surface area (Å²) in [5.41, 5.74) is 0.349. The zero-order chi connectivity index (χ0) is 18.1. The molecule has 1 aromatic rings. The number of benzene rings is 1. The average Bonchev–Trinajstić information content (AvgIpc) is 2.48. The lowest BCUT2D eigenvalue weighted by Gasteiger charge is -2.44. The summed E-state index contributed by atoms with van der Waals surface area (Å²) in [5.74, 6) is -0.385. The van der Waals surface area contributed by atoms with Crippen molar-refractivity contribution in [2.24, 2.45) is 0 Å². The molecule has 2 rings (SSSR count).